The summed E-state index contributed by atoms with van der Waals surface area (Å²) in [6, 6.07) is 6.64. The number of piperidine rings is 1. The van der Waals surface area contributed by atoms with Crippen molar-refractivity contribution in [1.29, 1.82) is 5.26 Å². The smallest absolute Gasteiger partial charge is 0.128 e. The molecule has 1 spiro atoms. The zero-order chi connectivity index (χ0) is 16.6. The number of pyridine rings is 1. The molecule has 0 bridgehead atoms. The summed E-state index contributed by atoms with van der Waals surface area (Å²) < 4.78 is 0. The molecule has 124 valence electrons. The van der Waals surface area contributed by atoms with Gasteiger partial charge in [-0.3, -0.25) is 4.90 Å². The van der Waals surface area contributed by atoms with E-state index in [1.54, 1.807) is 17.5 Å². The van der Waals surface area contributed by atoms with Gasteiger partial charge in [-0.2, -0.15) is 5.26 Å². The van der Waals surface area contributed by atoms with E-state index in [-0.39, 0.29) is 0 Å². The number of anilines is 1. The zero-order valence-corrected chi connectivity index (χ0v) is 14.7. The van der Waals surface area contributed by atoms with E-state index in [1.165, 1.54) is 24.3 Å². The van der Waals surface area contributed by atoms with E-state index in [0.717, 1.165) is 25.5 Å². The number of nitriles is 1. The molecule has 24 heavy (non-hydrogen) atoms. The molecule has 0 unspecified atom stereocenters. The third kappa shape index (κ3) is 2.90. The van der Waals surface area contributed by atoms with Crippen molar-refractivity contribution in [1.82, 2.24) is 14.9 Å². The average molecular weight is 339 g/mol. The Kier molecular flexibility index (Phi) is 3.99. The van der Waals surface area contributed by atoms with Gasteiger partial charge >= 0.3 is 0 Å². The number of aromatic nitrogens is 2. The van der Waals surface area contributed by atoms with Crippen LogP contribution in [0.2, 0.25) is 0 Å². The summed E-state index contributed by atoms with van der Waals surface area (Å²) in [5.41, 5.74) is 1.12. The van der Waals surface area contributed by atoms with Gasteiger partial charge in [0.1, 0.15) is 16.9 Å². The average Bonchev–Trinajstić information content (AvgIpc) is 3.07. The second kappa shape index (κ2) is 6.15. The van der Waals surface area contributed by atoms with E-state index in [4.69, 9.17) is 5.26 Å². The highest BCUT2D eigenvalue weighted by molar-refractivity contribution is 7.09. The van der Waals surface area contributed by atoms with Crippen LogP contribution in [0.15, 0.2) is 29.9 Å². The zero-order valence-electron chi connectivity index (χ0n) is 13.9. The van der Waals surface area contributed by atoms with E-state index in [2.05, 4.69) is 38.3 Å². The fraction of sp³-hybridized carbons (Fsp3) is 0.500. The van der Waals surface area contributed by atoms with Crippen molar-refractivity contribution >= 4 is 17.2 Å². The summed E-state index contributed by atoms with van der Waals surface area (Å²) in [4.78, 5) is 13.7. The number of rotatable bonds is 4. The van der Waals surface area contributed by atoms with Crippen molar-refractivity contribution in [3.63, 3.8) is 0 Å². The van der Waals surface area contributed by atoms with Crippen molar-refractivity contribution in [2.24, 2.45) is 5.41 Å². The van der Waals surface area contributed by atoms with Gasteiger partial charge in [0, 0.05) is 36.9 Å². The van der Waals surface area contributed by atoms with Crippen molar-refractivity contribution in [2.45, 2.75) is 31.8 Å². The molecule has 2 aromatic rings. The Balaban J connectivity index is 1.34. The van der Waals surface area contributed by atoms with Gasteiger partial charge in [0.15, 0.2) is 0 Å². The Morgan fingerprint density at radius 2 is 2.21 bits per heavy atom. The van der Waals surface area contributed by atoms with Gasteiger partial charge in [-0.05, 0) is 43.9 Å². The minimum absolute atomic E-state index is 0.495. The highest BCUT2D eigenvalue weighted by Gasteiger charge is 2.56. The van der Waals surface area contributed by atoms with Crippen LogP contribution in [0.25, 0.3) is 0 Å². The van der Waals surface area contributed by atoms with Crippen LogP contribution in [0.3, 0.4) is 0 Å². The first-order chi connectivity index (χ1) is 11.7. The van der Waals surface area contributed by atoms with E-state index in [0.29, 0.717) is 17.0 Å². The molecule has 0 radical (unpaired) electrons. The second-order valence-electron chi connectivity index (χ2n) is 6.93. The van der Waals surface area contributed by atoms with Crippen LogP contribution in [-0.4, -0.2) is 41.0 Å². The first-order valence-corrected chi connectivity index (χ1v) is 9.28. The lowest BCUT2D eigenvalue weighted by atomic mass is 9.92. The number of nitrogens with zero attached hydrogens (tertiary/aromatic N) is 5. The Hall–Kier alpha value is -1.97. The van der Waals surface area contributed by atoms with Gasteiger partial charge in [-0.25, -0.2) is 9.97 Å². The molecule has 1 aliphatic carbocycles. The summed E-state index contributed by atoms with van der Waals surface area (Å²) in [5, 5.41) is 12.1. The van der Waals surface area contributed by atoms with Gasteiger partial charge in [-0.15, -0.1) is 11.3 Å². The molecule has 1 atom stereocenters. The summed E-state index contributed by atoms with van der Waals surface area (Å²) in [5.74, 6) is 0.997. The predicted molar refractivity (Wildman–Crippen MR) is 94.8 cm³/mol. The van der Waals surface area contributed by atoms with E-state index in [1.807, 2.05) is 18.3 Å². The number of hydrogen-bond donors (Lipinski definition) is 0. The molecule has 5 nitrogen and oxygen atoms in total. The number of thiazole rings is 1. The lowest BCUT2D eigenvalue weighted by molar-refractivity contribution is 0.238. The molecule has 0 amide bonds. The maximum Gasteiger partial charge on any atom is 0.128 e. The largest absolute Gasteiger partial charge is 0.357 e. The van der Waals surface area contributed by atoms with Crippen LogP contribution in [-0.2, 0) is 6.54 Å². The van der Waals surface area contributed by atoms with Gasteiger partial charge in [0.25, 0.3) is 0 Å². The monoisotopic (exact) mass is 339 g/mol. The molecule has 1 aliphatic heterocycles. The summed E-state index contributed by atoms with van der Waals surface area (Å²) in [6.07, 6.45) is 7.31. The molecule has 2 aliphatic rings. The Bertz CT molecular complexity index is 726. The Labute approximate surface area is 146 Å². The topological polar surface area (TPSA) is 56.1 Å². The van der Waals surface area contributed by atoms with E-state index in [9.17, 15) is 0 Å². The molecular weight excluding hydrogens is 318 g/mol. The van der Waals surface area contributed by atoms with E-state index < -0.39 is 0 Å². The van der Waals surface area contributed by atoms with Gasteiger partial charge in [0.05, 0.1) is 12.1 Å². The van der Waals surface area contributed by atoms with Crippen molar-refractivity contribution in [3.8, 4) is 6.07 Å². The molecule has 4 rings (SSSR count). The summed E-state index contributed by atoms with van der Waals surface area (Å²) >= 11 is 1.74. The molecule has 0 N–H and O–H groups in total. The third-order valence-corrected chi connectivity index (χ3v) is 6.27. The Morgan fingerprint density at radius 3 is 2.83 bits per heavy atom. The van der Waals surface area contributed by atoms with Crippen molar-refractivity contribution in [2.75, 3.05) is 25.0 Å². The normalized spacial score (nSPS) is 21.9. The molecule has 1 saturated heterocycles. The first-order valence-electron chi connectivity index (χ1n) is 8.40. The summed E-state index contributed by atoms with van der Waals surface area (Å²) in [6.45, 7) is 3.08. The lowest BCUT2D eigenvalue weighted by Gasteiger charge is -2.34. The Morgan fingerprint density at radius 1 is 1.38 bits per heavy atom. The highest BCUT2D eigenvalue weighted by Crippen LogP contribution is 2.56. The highest BCUT2D eigenvalue weighted by atomic mass is 32.1. The van der Waals surface area contributed by atoms with Crippen LogP contribution >= 0.6 is 11.3 Å². The van der Waals surface area contributed by atoms with Crippen LogP contribution in [0.5, 0.6) is 0 Å². The molecular formula is C18H21N5S. The van der Waals surface area contributed by atoms with Crippen LogP contribution in [0, 0.1) is 16.7 Å². The molecule has 2 aromatic heterocycles. The van der Waals surface area contributed by atoms with Crippen molar-refractivity contribution in [3.05, 3.63) is 40.5 Å². The minimum Gasteiger partial charge on any atom is -0.357 e. The van der Waals surface area contributed by atoms with E-state index >= 15 is 0 Å². The maximum absolute atomic E-state index is 8.88. The molecule has 3 heterocycles. The third-order valence-electron chi connectivity index (χ3n) is 5.51. The van der Waals surface area contributed by atoms with Crippen molar-refractivity contribution < 1.29 is 0 Å². The lowest BCUT2D eigenvalue weighted by Crippen LogP contribution is -2.38. The molecule has 2 fully saturated rings. The molecule has 1 saturated carbocycles. The maximum atomic E-state index is 8.88. The summed E-state index contributed by atoms with van der Waals surface area (Å²) in [7, 11) is 2.23. The second-order valence-corrected chi connectivity index (χ2v) is 7.91. The van der Waals surface area contributed by atoms with Crippen LogP contribution in [0.4, 0.5) is 5.82 Å². The number of hydrogen-bond acceptors (Lipinski definition) is 6. The SMILES string of the molecule is CN(Cc1nccs1)[C@H]1CC12CCN(c1ccc(C#N)cn1)CC2. The predicted octanol–water partition coefficient (Wildman–Crippen LogP) is 2.90. The van der Waals surface area contributed by atoms with Gasteiger partial charge in [-0.1, -0.05) is 0 Å². The first kappa shape index (κ1) is 15.6. The van der Waals surface area contributed by atoms with Crippen LogP contribution in [0.1, 0.15) is 29.8 Å². The van der Waals surface area contributed by atoms with Crippen LogP contribution < -0.4 is 4.90 Å². The van der Waals surface area contributed by atoms with Gasteiger partial charge in [0.2, 0.25) is 0 Å². The molecule has 0 aromatic carbocycles. The molecule has 6 heteroatoms. The quantitative estimate of drug-likeness (QED) is 0.857. The standard InChI is InChI=1S/C18H21N5S/c1-22(13-17-20-6-9-24-17)15-10-18(15)4-7-23(8-5-18)16-3-2-14(11-19)12-21-16/h2-3,6,9,12,15H,4-5,7-8,10,13H2,1H3/t15-/m0/s1. The minimum atomic E-state index is 0.495. The van der Waals surface area contributed by atoms with Gasteiger partial charge < -0.3 is 4.90 Å². The fourth-order valence-electron chi connectivity index (χ4n) is 3.96. The fourth-order valence-corrected chi connectivity index (χ4v) is 4.64.